The molecule has 0 radical (unpaired) electrons. The molecule has 2 atom stereocenters. The number of aliphatic imine (C=N–C) groups is 1. The van der Waals surface area contributed by atoms with E-state index in [1.165, 1.54) is 0 Å². The van der Waals surface area contributed by atoms with Crippen molar-refractivity contribution in [3.8, 4) is 0 Å². The zero-order valence-corrected chi connectivity index (χ0v) is 16.8. The molecule has 3 N–H and O–H groups in total. The zero-order valence-electron chi connectivity index (χ0n) is 16.8. The summed E-state index contributed by atoms with van der Waals surface area (Å²) >= 11 is 0. The van der Waals surface area contributed by atoms with Crippen LogP contribution in [0.4, 0.5) is 4.79 Å². The van der Waals surface area contributed by atoms with E-state index in [0.29, 0.717) is 6.54 Å². The van der Waals surface area contributed by atoms with Crippen LogP contribution in [0, 0.1) is 11.8 Å². The van der Waals surface area contributed by atoms with E-state index in [2.05, 4.69) is 24.2 Å². The van der Waals surface area contributed by atoms with Gasteiger partial charge < -0.3 is 11.1 Å². The fourth-order valence-corrected chi connectivity index (χ4v) is 3.26. The summed E-state index contributed by atoms with van der Waals surface area (Å²) in [7, 11) is 0. The number of primary amides is 1. The molecule has 0 aliphatic heterocycles. The van der Waals surface area contributed by atoms with Gasteiger partial charge in [-0.3, -0.25) is 4.79 Å². The molecule has 0 saturated carbocycles. The van der Waals surface area contributed by atoms with E-state index in [4.69, 9.17) is 5.73 Å². The van der Waals surface area contributed by atoms with Crippen LogP contribution in [0.2, 0.25) is 0 Å². The second kappa shape index (κ2) is 14.0. The number of urea groups is 1. The van der Waals surface area contributed by atoms with E-state index in [-0.39, 0.29) is 23.8 Å². The highest BCUT2D eigenvalue weighted by Gasteiger charge is 2.26. The van der Waals surface area contributed by atoms with Crippen molar-refractivity contribution in [3.63, 3.8) is 0 Å². The minimum atomic E-state index is -0.379. The first-order chi connectivity index (χ1) is 13.1. The number of benzene rings is 1. The fraction of sp³-hybridized carbons (Fsp3) is 0.591. The Bertz CT molecular complexity index is 572. The third kappa shape index (κ3) is 9.92. The van der Waals surface area contributed by atoms with Crippen LogP contribution >= 0.6 is 0 Å². The highest BCUT2D eigenvalue weighted by molar-refractivity contribution is 5.91. The van der Waals surface area contributed by atoms with E-state index in [1.807, 2.05) is 30.3 Å². The first kappa shape index (κ1) is 22.9. The summed E-state index contributed by atoms with van der Waals surface area (Å²) in [5, 5.41) is 2.86. The first-order valence-electron chi connectivity index (χ1n) is 10.2. The molecule has 0 fully saturated rings. The fourth-order valence-electron chi connectivity index (χ4n) is 3.26. The lowest BCUT2D eigenvalue weighted by atomic mass is 9.83. The quantitative estimate of drug-likeness (QED) is 0.388. The highest BCUT2D eigenvalue weighted by atomic mass is 16.2. The second-order valence-corrected chi connectivity index (χ2v) is 7.12. The Morgan fingerprint density at radius 1 is 1.04 bits per heavy atom. The van der Waals surface area contributed by atoms with Gasteiger partial charge in [0.05, 0.1) is 0 Å². The van der Waals surface area contributed by atoms with Gasteiger partial charge in [0.1, 0.15) is 0 Å². The Kier molecular flexibility index (Phi) is 11.8. The van der Waals surface area contributed by atoms with Crippen LogP contribution in [0.3, 0.4) is 0 Å². The van der Waals surface area contributed by atoms with E-state index in [0.717, 1.165) is 56.9 Å². The van der Waals surface area contributed by atoms with Gasteiger partial charge in [-0.15, -0.1) is 0 Å². The van der Waals surface area contributed by atoms with Gasteiger partial charge in [0.25, 0.3) is 0 Å². The van der Waals surface area contributed by atoms with Crippen LogP contribution in [0.15, 0.2) is 35.3 Å². The number of nitrogens with zero attached hydrogens (tertiary/aromatic N) is 1. The van der Waals surface area contributed by atoms with Gasteiger partial charge >= 0.3 is 6.03 Å². The molecule has 27 heavy (non-hydrogen) atoms. The van der Waals surface area contributed by atoms with Crippen molar-refractivity contribution in [2.24, 2.45) is 22.6 Å². The topological polar surface area (TPSA) is 84.6 Å². The molecule has 3 amide bonds. The predicted molar refractivity (Wildman–Crippen MR) is 112 cm³/mol. The van der Waals surface area contributed by atoms with Gasteiger partial charge in [0.2, 0.25) is 5.91 Å². The standard InChI is InChI=1S/C22H35N3O2/c1-3-5-8-14-19(20(21(23)26)15-9-6-4-2)17-25-22(27)24-16-18-12-10-7-11-13-18/h7,10-13,16,19-20H,3-6,8-9,14-15,17H2,1-2H3,(H2,23,26)(H,25,27)/b24-16+. The number of carbonyl (C=O) groups excluding carboxylic acids is 2. The number of nitrogens with two attached hydrogens (primary N) is 1. The lowest BCUT2D eigenvalue weighted by Gasteiger charge is -2.25. The largest absolute Gasteiger partial charge is 0.369 e. The summed E-state index contributed by atoms with van der Waals surface area (Å²) < 4.78 is 0. The van der Waals surface area contributed by atoms with E-state index < -0.39 is 0 Å². The third-order valence-electron chi connectivity index (χ3n) is 4.88. The third-order valence-corrected chi connectivity index (χ3v) is 4.88. The van der Waals surface area contributed by atoms with Crippen molar-refractivity contribution in [3.05, 3.63) is 35.9 Å². The molecule has 2 unspecified atom stereocenters. The molecular formula is C22H35N3O2. The lowest BCUT2D eigenvalue weighted by molar-refractivity contribution is -0.123. The molecule has 0 saturated heterocycles. The van der Waals surface area contributed by atoms with Crippen LogP contribution in [0.5, 0.6) is 0 Å². The Labute approximate surface area is 163 Å². The Morgan fingerprint density at radius 3 is 2.26 bits per heavy atom. The molecule has 1 aromatic carbocycles. The highest BCUT2D eigenvalue weighted by Crippen LogP contribution is 2.24. The minimum absolute atomic E-state index is 0.0711. The number of unbranched alkanes of at least 4 members (excludes halogenated alkanes) is 4. The summed E-state index contributed by atoms with van der Waals surface area (Å²) in [6.07, 6.45) is 9.73. The molecule has 5 nitrogen and oxygen atoms in total. The molecule has 1 rings (SSSR count). The molecule has 0 spiro atoms. The van der Waals surface area contributed by atoms with Crippen LogP contribution < -0.4 is 11.1 Å². The Hall–Kier alpha value is -2.17. The summed E-state index contributed by atoms with van der Waals surface area (Å²) in [6.45, 7) is 4.74. The van der Waals surface area contributed by atoms with Gasteiger partial charge in [-0.05, 0) is 24.3 Å². The smallest absolute Gasteiger partial charge is 0.340 e. The summed E-state index contributed by atoms with van der Waals surface area (Å²) in [6, 6.07) is 9.12. The number of hydrogen-bond acceptors (Lipinski definition) is 2. The van der Waals surface area contributed by atoms with Crippen molar-refractivity contribution < 1.29 is 9.59 Å². The van der Waals surface area contributed by atoms with Crippen molar-refractivity contribution in [2.75, 3.05) is 6.54 Å². The maximum Gasteiger partial charge on any atom is 0.340 e. The average molecular weight is 374 g/mol. The first-order valence-corrected chi connectivity index (χ1v) is 10.2. The van der Waals surface area contributed by atoms with Crippen molar-refractivity contribution >= 4 is 18.2 Å². The normalized spacial score (nSPS) is 13.4. The number of amides is 3. The molecule has 150 valence electrons. The minimum Gasteiger partial charge on any atom is -0.369 e. The van der Waals surface area contributed by atoms with Crippen LogP contribution in [0.25, 0.3) is 0 Å². The SMILES string of the molecule is CCCCCC(CNC(=O)/N=C/c1ccccc1)C(CCCCC)C(N)=O. The summed E-state index contributed by atoms with van der Waals surface area (Å²) in [5.41, 5.74) is 6.56. The van der Waals surface area contributed by atoms with Gasteiger partial charge in [-0.25, -0.2) is 9.79 Å². The Balaban J connectivity index is 2.64. The Morgan fingerprint density at radius 2 is 1.67 bits per heavy atom. The zero-order chi connectivity index (χ0) is 19.9. The van der Waals surface area contributed by atoms with E-state index in [9.17, 15) is 9.59 Å². The molecular weight excluding hydrogens is 338 g/mol. The summed E-state index contributed by atoms with van der Waals surface area (Å²) in [4.78, 5) is 28.0. The lowest BCUT2D eigenvalue weighted by Crippen LogP contribution is -2.37. The number of nitrogens with one attached hydrogen (secondary N) is 1. The number of hydrogen-bond donors (Lipinski definition) is 2. The second-order valence-electron chi connectivity index (χ2n) is 7.12. The maximum atomic E-state index is 12.1. The van der Waals surface area contributed by atoms with Crippen molar-refractivity contribution in [1.29, 1.82) is 0 Å². The average Bonchev–Trinajstić information content (AvgIpc) is 2.67. The van der Waals surface area contributed by atoms with Crippen LogP contribution in [-0.2, 0) is 4.79 Å². The van der Waals surface area contributed by atoms with Crippen molar-refractivity contribution in [2.45, 2.75) is 65.2 Å². The summed E-state index contributed by atoms with van der Waals surface area (Å²) in [5.74, 6) is -0.372. The molecule has 0 heterocycles. The molecule has 1 aromatic rings. The molecule has 0 aromatic heterocycles. The van der Waals surface area contributed by atoms with Crippen LogP contribution in [0.1, 0.15) is 70.8 Å². The number of carbonyl (C=O) groups is 2. The van der Waals surface area contributed by atoms with Crippen molar-refractivity contribution in [1.82, 2.24) is 5.32 Å². The van der Waals surface area contributed by atoms with Gasteiger partial charge in [0.15, 0.2) is 0 Å². The molecule has 0 aliphatic rings. The maximum absolute atomic E-state index is 12.1. The molecule has 0 bridgehead atoms. The molecule has 0 aliphatic carbocycles. The van der Waals surface area contributed by atoms with Gasteiger partial charge in [-0.1, -0.05) is 82.7 Å². The van der Waals surface area contributed by atoms with E-state index in [1.54, 1.807) is 6.21 Å². The molecule has 5 heteroatoms. The van der Waals surface area contributed by atoms with Gasteiger partial charge in [-0.2, -0.15) is 0 Å². The monoisotopic (exact) mass is 373 g/mol. The number of rotatable bonds is 13. The van der Waals surface area contributed by atoms with E-state index >= 15 is 0 Å². The van der Waals surface area contributed by atoms with Gasteiger partial charge in [0, 0.05) is 18.7 Å². The predicted octanol–water partition coefficient (Wildman–Crippen LogP) is 4.69. The van der Waals surface area contributed by atoms with Crippen LogP contribution in [-0.4, -0.2) is 24.7 Å².